The average molecular weight is 383 g/mol. The number of hydrogen-bond donors (Lipinski definition) is 1. The van der Waals surface area contributed by atoms with Crippen LogP contribution in [0, 0.1) is 0 Å². The first-order chi connectivity index (χ1) is 12.9. The van der Waals surface area contributed by atoms with Crippen molar-refractivity contribution >= 4 is 39.9 Å². The van der Waals surface area contributed by atoms with Crippen molar-refractivity contribution in [3.8, 4) is 0 Å². The summed E-state index contributed by atoms with van der Waals surface area (Å²) in [5, 5.41) is 5.05. The van der Waals surface area contributed by atoms with Gasteiger partial charge in [-0.1, -0.05) is 11.6 Å². The molecular weight excluding hydrogens is 364 g/mol. The molecule has 2 atom stereocenters. The number of halogens is 1. The van der Waals surface area contributed by atoms with Gasteiger partial charge in [-0.15, -0.1) is 0 Å². The van der Waals surface area contributed by atoms with E-state index in [2.05, 4.69) is 5.32 Å². The predicted octanol–water partition coefficient (Wildman–Crippen LogP) is 4.74. The van der Waals surface area contributed by atoms with Crippen LogP contribution < -0.4 is 15.8 Å². The maximum absolute atomic E-state index is 12.3. The van der Waals surface area contributed by atoms with Crippen molar-refractivity contribution in [3.63, 3.8) is 0 Å². The number of nitrogens with zero attached hydrogens (tertiary/aromatic N) is 1. The van der Waals surface area contributed by atoms with Crippen LogP contribution >= 0.6 is 11.6 Å². The van der Waals surface area contributed by atoms with Gasteiger partial charge in [0.25, 0.3) is 0 Å². The van der Waals surface area contributed by atoms with E-state index in [9.17, 15) is 9.59 Å². The van der Waals surface area contributed by atoms with Gasteiger partial charge in [0.05, 0.1) is 11.7 Å². The zero-order valence-electron chi connectivity index (χ0n) is 15.0. The zero-order valence-corrected chi connectivity index (χ0v) is 15.8. The van der Waals surface area contributed by atoms with Gasteiger partial charge in [0.1, 0.15) is 5.58 Å². The molecule has 27 heavy (non-hydrogen) atoms. The maximum Gasteiger partial charge on any atom is 0.336 e. The molecule has 0 fully saturated rings. The van der Waals surface area contributed by atoms with E-state index in [0.717, 1.165) is 28.7 Å². The minimum Gasteiger partial charge on any atom is -0.423 e. The Labute approximate surface area is 161 Å². The molecule has 0 unspecified atom stereocenters. The van der Waals surface area contributed by atoms with Crippen molar-refractivity contribution < 1.29 is 9.21 Å². The number of anilines is 2. The Hall–Kier alpha value is -2.79. The lowest BCUT2D eigenvalue weighted by molar-refractivity contribution is -0.117. The predicted molar refractivity (Wildman–Crippen MR) is 108 cm³/mol. The van der Waals surface area contributed by atoms with Crippen LogP contribution in [0.1, 0.15) is 31.9 Å². The van der Waals surface area contributed by atoms with Crippen LogP contribution in [0.25, 0.3) is 11.0 Å². The summed E-state index contributed by atoms with van der Waals surface area (Å²) in [7, 11) is 0. The van der Waals surface area contributed by atoms with Gasteiger partial charge in [-0.25, -0.2) is 4.79 Å². The highest BCUT2D eigenvalue weighted by Gasteiger charge is 2.34. The Morgan fingerprint density at radius 3 is 2.59 bits per heavy atom. The third-order valence-electron chi connectivity index (χ3n) is 4.97. The number of carbonyl (C=O) groups excluding carboxylic acids is 1. The largest absolute Gasteiger partial charge is 0.423 e. The van der Waals surface area contributed by atoms with Crippen molar-refractivity contribution in [1.29, 1.82) is 0 Å². The van der Waals surface area contributed by atoms with Gasteiger partial charge < -0.3 is 14.6 Å². The quantitative estimate of drug-likeness (QED) is 0.650. The van der Waals surface area contributed by atoms with Crippen LogP contribution in [-0.2, 0) is 4.79 Å². The first kappa shape index (κ1) is 17.6. The molecule has 6 heteroatoms. The minimum atomic E-state index is -0.391. The number of amides is 1. The Morgan fingerprint density at radius 2 is 1.89 bits per heavy atom. The average Bonchev–Trinajstić information content (AvgIpc) is 2.62. The van der Waals surface area contributed by atoms with Crippen LogP contribution in [0.5, 0.6) is 0 Å². The highest BCUT2D eigenvalue weighted by Crippen LogP contribution is 2.42. The standard InChI is InChI=1S/C21H19ClN2O3/c1-12-11-17(23-15-5-3-14(22)4-6-15)21-16-7-10-20(26)27-19(16)9-8-18(21)24(12)13(2)25/h3-10,12,17,23H,11H2,1-2H3/t12-,17+/m1/s1. The molecule has 1 amide bonds. The topological polar surface area (TPSA) is 62.6 Å². The fourth-order valence-corrected chi connectivity index (χ4v) is 4.02. The molecule has 2 aromatic carbocycles. The van der Waals surface area contributed by atoms with E-state index in [1.54, 1.807) is 24.0 Å². The van der Waals surface area contributed by atoms with E-state index in [4.69, 9.17) is 16.0 Å². The molecule has 4 rings (SSSR count). The Balaban J connectivity index is 1.89. The fraction of sp³-hybridized carbons (Fsp3) is 0.238. The lowest BCUT2D eigenvalue weighted by Crippen LogP contribution is -2.43. The molecule has 0 aliphatic carbocycles. The summed E-state index contributed by atoms with van der Waals surface area (Å²) >= 11 is 5.99. The fourth-order valence-electron chi connectivity index (χ4n) is 3.90. The minimum absolute atomic E-state index is 0.00886. The molecule has 0 spiro atoms. The molecule has 1 aliphatic heterocycles. The number of benzene rings is 2. The highest BCUT2D eigenvalue weighted by atomic mass is 35.5. The van der Waals surface area contributed by atoms with Gasteiger partial charge in [0.15, 0.2) is 0 Å². The molecular formula is C21H19ClN2O3. The summed E-state index contributed by atoms with van der Waals surface area (Å²) < 4.78 is 5.36. The number of nitrogens with one attached hydrogen (secondary N) is 1. The van der Waals surface area contributed by atoms with Crippen LogP contribution in [0.3, 0.4) is 0 Å². The first-order valence-electron chi connectivity index (χ1n) is 8.82. The number of fused-ring (bicyclic) bond motifs is 3. The van der Waals surface area contributed by atoms with E-state index in [1.165, 1.54) is 6.07 Å². The Kier molecular flexibility index (Phi) is 4.40. The molecule has 3 aromatic rings. The SMILES string of the molecule is CC(=O)N1c2ccc3oc(=O)ccc3c2[C@@H](Nc2ccc(Cl)cc2)C[C@H]1C. The summed E-state index contributed by atoms with van der Waals surface area (Å²) in [5.74, 6) is -0.00886. The van der Waals surface area contributed by atoms with Crippen molar-refractivity contribution in [2.45, 2.75) is 32.4 Å². The van der Waals surface area contributed by atoms with E-state index >= 15 is 0 Å². The number of carbonyl (C=O) groups is 1. The summed E-state index contributed by atoms with van der Waals surface area (Å²) in [6.45, 7) is 3.61. The van der Waals surface area contributed by atoms with Gasteiger partial charge in [-0.3, -0.25) is 4.79 Å². The second-order valence-corrected chi connectivity index (χ2v) is 7.28. The van der Waals surface area contributed by atoms with Crippen LogP contribution in [0.4, 0.5) is 11.4 Å². The third kappa shape index (κ3) is 3.19. The monoisotopic (exact) mass is 382 g/mol. The molecule has 1 N–H and O–H groups in total. The second kappa shape index (κ2) is 6.74. The summed E-state index contributed by atoms with van der Waals surface area (Å²) in [6, 6.07) is 14.3. The van der Waals surface area contributed by atoms with Gasteiger partial charge in [0.2, 0.25) is 5.91 Å². The van der Waals surface area contributed by atoms with Crippen molar-refractivity contribution in [3.05, 3.63) is 69.5 Å². The van der Waals surface area contributed by atoms with Crippen molar-refractivity contribution in [2.24, 2.45) is 0 Å². The zero-order chi connectivity index (χ0) is 19.1. The van der Waals surface area contributed by atoms with Gasteiger partial charge >= 0.3 is 5.63 Å². The van der Waals surface area contributed by atoms with Crippen molar-refractivity contribution in [1.82, 2.24) is 0 Å². The van der Waals surface area contributed by atoms with Crippen LogP contribution in [0.2, 0.25) is 5.02 Å². The van der Waals surface area contributed by atoms with Gasteiger partial charge in [-0.2, -0.15) is 0 Å². The summed E-state index contributed by atoms with van der Waals surface area (Å²) in [5.41, 5.74) is 2.86. The number of rotatable bonds is 2. The Morgan fingerprint density at radius 1 is 1.15 bits per heavy atom. The van der Waals surface area contributed by atoms with Gasteiger partial charge in [-0.05, 0) is 55.8 Å². The lowest BCUT2D eigenvalue weighted by atomic mass is 9.88. The molecule has 1 aliphatic rings. The smallest absolute Gasteiger partial charge is 0.336 e. The molecule has 0 radical (unpaired) electrons. The molecule has 5 nitrogen and oxygen atoms in total. The summed E-state index contributed by atoms with van der Waals surface area (Å²) in [6.07, 6.45) is 0.730. The van der Waals surface area contributed by atoms with E-state index in [1.807, 2.05) is 37.3 Å². The van der Waals surface area contributed by atoms with E-state index in [-0.39, 0.29) is 18.0 Å². The molecule has 1 aromatic heterocycles. The maximum atomic E-state index is 12.3. The highest BCUT2D eigenvalue weighted by molar-refractivity contribution is 6.30. The summed E-state index contributed by atoms with van der Waals surface area (Å²) in [4.78, 5) is 25.7. The molecule has 138 valence electrons. The molecule has 0 bridgehead atoms. The van der Waals surface area contributed by atoms with Gasteiger partial charge in [0, 0.05) is 40.7 Å². The van der Waals surface area contributed by atoms with Crippen molar-refractivity contribution in [2.75, 3.05) is 10.2 Å². The van der Waals surface area contributed by atoms with E-state index in [0.29, 0.717) is 10.6 Å². The van der Waals surface area contributed by atoms with E-state index < -0.39 is 5.63 Å². The molecule has 0 saturated carbocycles. The molecule has 2 heterocycles. The van der Waals surface area contributed by atoms with Crippen LogP contribution in [-0.4, -0.2) is 11.9 Å². The second-order valence-electron chi connectivity index (χ2n) is 6.84. The normalized spacial score (nSPS) is 19.0. The Bertz CT molecular complexity index is 1070. The number of hydrogen-bond acceptors (Lipinski definition) is 4. The lowest BCUT2D eigenvalue weighted by Gasteiger charge is -2.40. The van der Waals surface area contributed by atoms with Crippen LogP contribution in [0.15, 0.2) is 57.7 Å². The molecule has 0 saturated heterocycles. The third-order valence-corrected chi connectivity index (χ3v) is 5.22. The first-order valence-corrected chi connectivity index (χ1v) is 9.20.